The molecule has 34 heavy (non-hydrogen) atoms. The molecule has 0 saturated heterocycles. The molecule has 13 heteroatoms. The van der Waals surface area contributed by atoms with Crippen LogP contribution < -0.4 is 10.6 Å². The number of thiazole rings is 1. The number of carbonyl (C=O) groups excluding carboxylic acids is 1. The molecule has 3 aromatic heterocycles. The van der Waals surface area contributed by atoms with Crippen molar-refractivity contribution in [3.63, 3.8) is 0 Å². The predicted octanol–water partition coefficient (Wildman–Crippen LogP) is 4.13. The molecule has 1 aromatic carbocycles. The summed E-state index contributed by atoms with van der Waals surface area (Å²) in [5.41, 5.74) is 3.66. The molecule has 11 nitrogen and oxygen atoms in total. The van der Waals surface area contributed by atoms with E-state index < -0.39 is 13.9 Å². The molecule has 0 fully saturated rings. The van der Waals surface area contributed by atoms with E-state index >= 15 is 0 Å². The van der Waals surface area contributed by atoms with Crippen LogP contribution >= 0.6 is 19.2 Å². The van der Waals surface area contributed by atoms with Crippen LogP contribution in [0.4, 0.5) is 9.93 Å². The van der Waals surface area contributed by atoms with Crippen molar-refractivity contribution >= 4 is 40.5 Å². The average Bonchev–Trinajstić information content (AvgIpc) is 3.20. The molecule has 0 bridgehead atoms. The molecule has 0 aliphatic rings. The molecule has 4 N–H and O–H groups in total. The van der Waals surface area contributed by atoms with Crippen molar-refractivity contribution < 1.29 is 23.7 Å². The highest BCUT2D eigenvalue weighted by molar-refractivity contribution is 7.46. The molecule has 4 aromatic rings. The van der Waals surface area contributed by atoms with Gasteiger partial charge in [-0.3, -0.25) is 14.8 Å². The molecular formula is C21H21N6O5PS. The fourth-order valence-electron chi connectivity index (χ4n) is 3.22. The lowest BCUT2D eigenvalue weighted by Gasteiger charge is -2.12. The second-order valence-corrected chi connectivity index (χ2v) is 9.35. The van der Waals surface area contributed by atoms with E-state index in [0.29, 0.717) is 22.8 Å². The topological polar surface area (TPSA) is 159 Å². The van der Waals surface area contributed by atoms with Gasteiger partial charge in [0, 0.05) is 36.3 Å². The first-order valence-corrected chi connectivity index (χ1v) is 12.6. The molecule has 2 amide bonds. The Bertz CT molecular complexity index is 1360. The van der Waals surface area contributed by atoms with E-state index in [2.05, 4.69) is 35.1 Å². The maximum atomic E-state index is 12.0. The van der Waals surface area contributed by atoms with Gasteiger partial charge in [-0.2, -0.15) is 0 Å². The summed E-state index contributed by atoms with van der Waals surface area (Å²) in [5, 5.41) is 5.87. The minimum atomic E-state index is -4.67. The molecule has 0 saturated carbocycles. The Kier molecular flexibility index (Phi) is 6.96. The second-order valence-electron chi connectivity index (χ2n) is 7.16. The maximum Gasteiger partial charge on any atom is 0.470 e. The summed E-state index contributed by atoms with van der Waals surface area (Å²) in [5.74, 6) is 0.139. The quantitative estimate of drug-likeness (QED) is 0.274. The zero-order valence-electron chi connectivity index (χ0n) is 18.2. The number of anilines is 1. The number of fused-ring (bicyclic) bond motifs is 1. The van der Waals surface area contributed by atoms with Gasteiger partial charge in [-0.25, -0.2) is 24.3 Å². The Labute approximate surface area is 198 Å². The average molecular weight is 500 g/mol. The zero-order valence-corrected chi connectivity index (χ0v) is 19.9. The number of rotatable bonds is 7. The number of phosphoric acid groups is 1. The van der Waals surface area contributed by atoms with Crippen molar-refractivity contribution in [2.24, 2.45) is 0 Å². The summed E-state index contributed by atoms with van der Waals surface area (Å²) >= 11 is 1.34. The van der Waals surface area contributed by atoms with Gasteiger partial charge in [-0.15, -0.1) is 0 Å². The fraction of sp³-hybridized carbons (Fsp3) is 0.190. The van der Waals surface area contributed by atoms with Crippen LogP contribution in [0.1, 0.15) is 25.8 Å². The molecule has 0 radical (unpaired) electrons. The third-order valence-electron chi connectivity index (χ3n) is 4.65. The van der Waals surface area contributed by atoms with Crippen molar-refractivity contribution in [3.05, 3.63) is 54.7 Å². The molecule has 1 atom stereocenters. The highest BCUT2D eigenvalue weighted by atomic mass is 32.1. The first-order valence-electron chi connectivity index (χ1n) is 10.2. The summed E-state index contributed by atoms with van der Waals surface area (Å²) in [6.45, 7) is 3.78. The lowest BCUT2D eigenvalue weighted by Crippen LogP contribution is -2.28. The van der Waals surface area contributed by atoms with Crippen LogP contribution in [0.5, 0.6) is 0 Å². The molecule has 0 unspecified atom stereocenters. The van der Waals surface area contributed by atoms with Crippen molar-refractivity contribution in [1.29, 1.82) is 0 Å². The Morgan fingerprint density at radius 1 is 1.18 bits per heavy atom. The molecule has 0 aliphatic heterocycles. The molecule has 3 heterocycles. The smallest absolute Gasteiger partial charge is 0.338 e. The highest BCUT2D eigenvalue weighted by Gasteiger charge is 2.22. The Balaban J connectivity index is 1.74. The van der Waals surface area contributed by atoms with Crippen molar-refractivity contribution in [1.82, 2.24) is 25.3 Å². The standard InChI is InChI=1S/C21H21N6O5PS/c1-3-22-20(28)27-21-26-17-9-13(8-15(18(17)34-21)16-6-4-5-7-23-16)14-10-24-19(25-11-14)12(2)32-33(29,30)31/h4-12H,3H2,1-2H3,(H2,29,30,31)(H2,22,26,27,28)/t12-/m1/s1. The van der Waals surface area contributed by atoms with Gasteiger partial charge in [0.2, 0.25) is 0 Å². The SMILES string of the molecule is CCNC(=O)Nc1nc2cc(-c3cnc([C@@H](C)OP(=O)(O)O)nc3)cc(-c3ccccn3)c2s1. The number of nitrogens with zero attached hydrogens (tertiary/aromatic N) is 4. The summed E-state index contributed by atoms with van der Waals surface area (Å²) in [7, 11) is -4.67. The first kappa shape index (κ1) is 23.9. The fourth-order valence-corrected chi connectivity index (χ4v) is 4.69. The number of urea groups is 1. The minimum Gasteiger partial charge on any atom is -0.338 e. The van der Waals surface area contributed by atoms with Crippen LogP contribution in [0.25, 0.3) is 32.6 Å². The van der Waals surface area contributed by atoms with Crippen LogP contribution in [0, 0.1) is 0 Å². The van der Waals surface area contributed by atoms with Crippen LogP contribution in [0.3, 0.4) is 0 Å². The highest BCUT2D eigenvalue weighted by Crippen LogP contribution is 2.42. The number of phosphoric ester groups is 1. The number of nitrogens with one attached hydrogen (secondary N) is 2. The summed E-state index contributed by atoms with van der Waals surface area (Å²) in [6.07, 6.45) is 3.81. The van der Waals surface area contributed by atoms with E-state index in [9.17, 15) is 9.36 Å². The lowest BCUT2D eigenvalue weighted by molar-refractivity contribution is 0.140. The molecule has 4 rings (SSSR count). The van der Waals surface area contributed by atoms with E-state index in [4.69, 9.17) is 9.79 Å². The molecule has 0 spiro atoms. The summed E-state index contributed by atoms with van der Waals surface area (Å²) < 4.78 is 16.6. The maximum absolute atomic E-state index is 12.0. The number of carbonyl (C=O) groups is 1. The van der Waals surface area contributed by atoms with Gasteiger partial charge < -0.3 is 15.1 Å². The van der Waals surface area contributed by atoms with Crippen molar-refractivity contribution in [2.45, 2.75) is 20.0 Å². The van der Waals surface area contributed by atoms with Crippen LogP contribution in [0.2, 0.25) is 0 Å². The number of benzene rings is 1. The van der Waals surface area contributed by atoms with E-state index in [-0.39, 0.29) is 11.9 Å². The number of pyridine rings is 1. The Morgan fingerprint density at radius 2 is 1.94 bits per heavy atom. The molecule has 176 valence electrons. The van der Waals surface area contributed by atoms with Crippen LogP contribution in [0.15, 0.2) is 48.9 Å². The van der Waals surface area contributed by atoms with Gasteiger partial charge in [0.1, 0.15) is 6.10 Å². The summed E-state index contributed by atoms with van der Waals surface area (Å²) in [4.78, 5) is 47.4. The number of hydrogen-bond donors (Lipinski definition) is 4. The van der Waals surface area contributed by atoms with Crippen LogP contribution in [-0.2, 0) is 9.09 Å². The first-order chi connectivity index (χ1) is 16.2. The Morgan fingerprint density at radius 3 is 2.59 bits per heavy atom. The number of amides is 2. The lowest BCUT2D eigenvalue weighted by atomic mass is 10.0. The van der Waals surface area contributed by atoms with Crippen LogP contribution in [-0.4, -0.2) is 42.3 Å². The number of aromatic nitrogens is 4. The van der Waals surface area contributed by atoms with Gasteiger partial charge in [0.05, 0.1) is 15.9 Å². The summed E-state index contributed by atoms with van der Waals surface area (Å²) in [6, 6.07) is 9.05. The monoisotopic (exact) mass is 500 g/mol. The third-order valence-corrected chi connectivity index (χ3v) is 6.26. The largest absolute Gasteiger partial charge is 0.470 e. The minimum absolute atomic E-state index is 0.139. The second kappa shape index (κ2) is 9.92. The van der Waals surface area contributed by atoms with Gasteiger partial charge in [-0.05, 0) is 43.7 Å². The van der Waals surface area contributed by atoms with E-state index in [1.165, 1.54) is 18.3 Å². The van der Waals surface area contributed by atoms with Crippen molar-refractivity contribution in [2.75, 3.05) is 11.9 Å². The normalized spacial score (nSPS) is 12.5. The van der Waals surface area contributed by atoms with E-state index in [1.807, 2.05) is 37.3 Å². The third kappa shape index (κ3) is 5.61. The van der Waals surface area contributed by atoms with E-state index in [0.717, 1.165) is 21.5 Å². The van der Waals surface area contributed by atoms with Gasteiger partial charge in [0.25, 0.3) is 0 Å². The molecule has 0 aliphatic carbocycles. The number of hydrogen-bond acceptors (Lipinski definition) is 8. The zero-order chi connectivity index (χ0) is 24.3. The van der Waals surface area contributed by atoms with Gasteiger partial charge in [-0.1, -0.05) is 17.4 Å². The Hall–Kier alpha value is -3.28. The molecular weight excluding hydrogens is 479 g/mol. The van der Waals surface area contributed by atoms with E-state index in [1.54, 1.807) is 18.6 Å². The predicted molar refractivity (Wildman–Crippen MR) is 128 cm³/mol. The van der Waals surface area contributed by atoms with Gasteiger partial charge in [0.15, 0.2) is 11.0 Å². The van der Waals surface area contributed by atoms with Gasteiger partial charge >= 0.3 is 13.9 Å². The van der Waals surface area contributed by atoms with Crippen molar-refractivity contribution in [3.8, 4) is 22.4 Å².